The average Bonchev–Trinajstić information content (AvgIpc) is 3.01. The Morgan fingerprint density at radius 3 is 2.37 bits per heavy atom. The van der Waals surface area contributed by atoms with Crippen LogP contribution in [0.5, 0.6) is 0 Å². The molecule has 0 aliphatic carbocycles. The van der Waals surface area contributed by atoms with Crippen LogP contribution in [0.25, 0.3) is 43.9 Å². The van der Waals surface area contributed by atoms with Crippen LogP contribution < -0.4 is 5.63 Å². The first-order valence-corrected chi connectivity index (χ1v) is 8.71. The zero-order chi connectivity index (χ0) is 18.5. The molecule has 2 aromatic heterocycles. The molecule has 2 heterocycles. The van der Waals surface area contributed by atoms with Gasteiger partial charge in [-0.15, -0.1) is 0 Å². The predicted octanol–water partition coefficient (Wildman–Crippen LogP) is 5.23. The van der Waals surface area contributed by atoms with Crippen molar-refractivity contribution < 1.29 is 9.21 Å². The molecule has 27 heavy (non-hydrogen) atoms. The monoisotopic (exact) mass is 353 g/mol. The van der Waals surface area contributed by atoms with Crippen LogP contribution in [0.3, 0.4) is 0 Å². The number of aromatic nitrogens is 1. The van der Waals surface area contributed by atoms with Gasteiger partial charge in [-0.25, -0.2) is 4.79 Å². The second kappa shape index (κ2) is 5.68. The minimum absolute atomic E-state index is 0.128. The lowest BCUT2D eigenvalue weighted by Gasteiger charge is -2.10. The maximum Gasteiger partial charge on any atom is 0.336 e. The van der Waals surface area contributed by atoms with E-state index >= 15 is 0 Å². The number of nitrogens with zero attached hydrogens (tertiary/aromatic N) is 1. The zero-order valence-corrected chi connectivity index (χ0v) is 14.6. The van der Waals surface area contributed by atoms with E-state index in [-0.39, 0.29) is 5.91 Å². The molecular formula is C23H15NO3. The van der Waals surface area contributed by atoms with Crippen molar-refractivity contribution >= 4 is 38.7 Å². The molecule has 0 N–H and O–H groups in total. The number of rotatable bonds is 1. The fourth-order valence-electron chi connectivity index (χ4n) is 3.87. The Morgan fingerprint density at radius 2 is 1.56 bits per heavy atom. The molecule has 4 heteroatoms. The largest absolute Gasteiger partial charge is 0.420 e. The molecular weight excluding hydrogens is 338 g/mol. The maximum atomic E-state index is 12.5. The summed E-state index contributed by atoms with van der Waals surface area (Å²) in [5, 5.41) is 2.84. The lowest BCUT2D eigenvalue weighted by molar-refractivity contribution is 0.0946. The van der Waals surface area contributed by atoms with E-state index in [4.69, 9.17) is 4.42 Å². The Hall–Kier alpha value is -3.66. The predicted molar refractivity (Wildman–Crippen MR) is 107 cm³/mol. The third-order valence-electron chi connectivity index (χ3n) is 4.94. The van der Waals surface area contributed by atoms with Crippen molar-refractivity contribution in [3.05, 3.63) is 83.2 Å². The second-order valence-electron chi connectivity index (χ2n) is 6.56. The number of benzene rings is 3. The van der Waals surface area contributed by atoms with Gasteiger partial charge in [0.25, 0.3) is 0 Å². The van der Waals surface area contributed by atoms with Crippen LogP contribution in [0.15, 0.2) is 82.0 Å². The SMILES string of the molecule is CC(=O)n1c2ccccc2c2oc(=O)cc(-c3cccc4ccccc34)c21. The molecule has 0 bridgehead atoms. The molecule has 4 nitrogen and oxygen atoms in total. The lowest BCUT2D eigenvalue weighted by atomic mass is 9.98. The van der Waals surface area contributed by atoms with Crippen LogP contribution in [0.4, 0.5) is 0 Å². The highest BCUT2D eigenvalue weighted by Crippen LogP contribution is 2.37. The number of fused-ring (bicyclic) bond motifs is 4. The first-order valence-electron chi connectivity index (χ1n) is 8.71. The first-order chi connectivity index (χ1) is 13.1. The zero-order valence-electron chi connectivity index (χ0n) is 14.6. The number of hydrogen-bond donors (Lipinski definition) is 0. The lowest BCUT2D eigenvalue weighted by Crippen LogP contribution is -2.07. The number of hydrogen-bond acceptors (Lipinski definition) is 3. The van der Waals surface area contributed by atoms with Gasteiger partial charge in [-0.05, 0) is 28.5 Å². The fourth-order valence-corrected chi connectivity index (χ4v) is 3.87. The van der Waals surface area contributed by atoms with Gasteiger partial charge in [0.15, 0.2) is 5.58 Å². The highest BCUT2D eigenvalue weighted by Gasteiger charge is 2.21. The van der Waals surface area contributed by atoms with Gasteiger partial charge in [0.2, 0.25) is 5.91 Å². The molecule has 130 valence electrons. The summed E-state index contributed by atoms with van der Waals surface area (Å²) in [6.07, 6.45) is 0. The molecule has 0 aliphatic heterocycles. The van der Waals surface area contributed by atoms with E-state index in [0.29, 0.717) is 16.7 Å². The van der Waals surface area contributed by atoms with Crippen LogP contribution in [0.2, 0.25) is 0 Å². The van der Waals surface area contributed by atoms with Gasteiger partial charge >= 0.3 is 5.63 Å². The van der Waals surface area contributed by atoms with Crippen molar-refractivity contribution in [1.82, 2.24) is 4.57 Å². The summed E-state index contributed by atoms with van der Waals surface area (Å²) in [6, 6.07) is 22.9. The molecule has 0 unspecified atom stereocenters. The summed E-state index contributed by atoms with van der Waals surface area (Å²) in [4.78, 5) is 24.9. The minimum atomic E-state index is -0.433. The smallest absolute Gasteiger partial charge is 0.336 e. The molecule has 3 aromatic carbocycles. The summed E-state index contributed by atoms with van der Waals surface area (Å²) in [6.45, 7) is 1.52. The fraction of sp³-hybridized carbons (Fsp3) is 0.0435. The molecule has 0 saturated carbocycles. The van der Waals surface area contributed by atoms with Crippen molar-refractivity contribution in [3.63, 3.8) is 0 Å². The summed E-state index contributed by atoms with van der Waals surface area (Å²) < 4.78 is 7.18. The number of carbonyl (C=O) groups excluding carboxylic acids is 1. The topological polar surface area (TPSA) is 52.2 Å². The average molecular weight is 353 g/mol. The Balaban J connectivity index is 2.05. The Bertz CT molecular complexity index is 1420. The summed E-state index contributed by atoms with van der Waals surface area (Å²) in [7, 11) is 0. The molecule has 0 spiro atoms. The van der Waals surface area contributed by atoms with Crippen molar-refractivity contribution in [1.29, 1.82) is 0 Å². The molecule has 0 radical (unpaired) electrons. The van der Waals surface area contributed by atoms with Crippen LogP contribution in [0.1, 0.15) is 11.7 Å². The van der Waals surface area contributed by atoms with Crippen LogP contribution in [0, 0.1) is 0 Å². The Labute approximate surface area is 154 Å². The maximum absolute atomic E-state index is 12.5. The van der Waals surface area contributed by atoms with Gasteiger partial charge in [-0.3, -0.25) is 9.36 Å². The van der Waals surface area contributed by atoms with Crippen molar-refractivity contribution in [2.24, 2.45) is 0 Å². The first kappa shape index (κ1) is 15.6. The normalized spacial score (nSPS) is 11.4. The Morgan fingerprint density at radius 1 is 0.852 bits per heavy atom. The third-order valence-corrected chi connectivity index (χ3v) is 4.94. The van der Waals surface area contributed by atoms with E-state index in [1.165, 1.54) is 13.0 Å². The van der Waals surface area contributed by atoms with Crippen LogP contribution in [-0.4, -0.2) is 10.5 Å². The van der Waals surface area contributed by atoms with E-state index in [2.05, 4.69) is 0 Å². The van der Waals surface area contributed by atoms with E-state index < -0.39 is 5.63 Å². The molecule has 0 atom stereocenters. The molecule has 5 aromatic rings. The van der Waals surface area contributed by atoms with Crippen molar-refractivity contribution in [2.75, 3.05) is 0 Å². The van der Waals surface area contributed by atoms with E-state index in [1.54, 1.807) is 4.57 Å². The van der Waals surface area contributed by atoms with Crippen molar-refractivity contribution in [3.8, 4) is 11.1 Å². The Kier molecular flexibility index (Phi) is 3.28. The molecule has 0 saturated heterocycles. The molecule has 5 rings (SSSR count). The van der Waals surface area contributed by atoms with Gasteiger partial charge in [0, 0.05) is 23.9 Å². The molecule has 0 amide bonds. The minimum Gasteiger partial charge on any atom is -0.420 e. The van der Waals surface area contributed by atoms with E-state index in [1.807, 2.05) is 66.7 Å². The van der Waals surface area contributed by atoms with E-state index in [9.17, 15) is 9.59 Å². The standard InChI is InChI=1S/C23H15NO3/c1-14(25)24-20-12-5-4-10-18(20)23-22(24)19(13-21(26)27-23)17-11-6-8-15-7-2-3-9-16(15)17/h2-13H,1H3. The molecule has 0 fully saturated rings. The van der Waals surface area contributed by atoms with Gasteiger partial charge in [-0.2, -0.15) is 0 Å². The van der Waals surface area contributed by atoms with Gasteiger partial charge in [0.1, 0.15) is 5.52 Å². The van der Waals surface area contributed by atoms with Crippen molar-refractivity contribution in [2.45, 2.75) is 6.92 Å². The number of para-hydroxylation sites is 1. The third kappa shape index (κ3) is 2.23. The van der Waals surface area contributed by atoms with Gasteiger partial charge < -0.3 is 4.42 Å². The quantitative estimate of drug-likeness (QED) is 0.415. The van der Waals surface area contributed by atoms with Crippen LogP contribution in [-0.2, 0) is 0 Å². The van der Waals surface area contributed by atoms with Crippen LogP contribution >= 0.6 is 0 Å². The van der Waals surface area contributed by atoms with Gasteiger partial charge in [-0.1, -0.05) is 54.6 Å². The summed E-state index contributed by atoms with van der Waals surface area (Å²) >= 11 is 0. The highest BCUT2D eigenvalue weighted by atomic mass is 16.4. The second-order valence-corrected chi connectivity index (χ2v) is 6.56. The summed E-state index contributed by atoms with van der Waals surface area (Å²) in [5.41, 5.74) is 2.96. The molecule has 0 aliphatic rings. The van der Waals surface area contributed by atoms with Gasteiger partial charge in [0.05, 0.1) is 5.52 Å². The highest BCUT2D eigenvalue weighted by molar-refractivity contribution is 6.16. The van der Waals surface area contributed by atoms with E-state index in [0.717, 1.165) is 27.2 Å². The summed E-state index contributed by atoms with van der Waals surface area (Å²) in [5.74, 6) is -0.128. The number of carbonyl (C=O) groups is 1.